The molecule has 2 aliphatic rings. The molecular formula is C26H27N5O4. The quantitative estimate of drug-likeness (QED) is 0.262. The molecule has 9 heteroatoms. The van der Waals surface area contributed by atoms with Crippen molar-refractivity contribution in [2.24, 2.45) is 5.84 Å². The fourth-order valence-corrected chi connectivity index (χ4v) is 3.95. The molecule has 0 aromatic heterocycles. The number of hydrogen-bond donors (Lipinski definition) is 4. The Morgan fingerprint density at radius 1 is 0.943 bits per heavy atom. The van der Waals surface area contributed by atoms with Gasteiger partial charge in [-0.25, -0.2) is 10.6 Å². The average molecular weight is 474 g/mol. The maximum Gasteiger partial charge on any atom is 0.322 e. The highest BCUT2D eigenvalue weighted by Gasteiger charge is 2.43. The molecule has 0 radical (unpaired) electrons. The van der Waals surface area contributed by atoms with E-state index in [1.54, 1.807) is 32.2 Å². The van der Waals surface area contributed by atoms with Crippen LogP contribution in [0, 0.1) is 0 Å². The molecule has 1 saturated heterocycles. The zero-order chi connectivity index (χ0) is 25.2. The molecule has 4 amide bonds. The molecule has 0 bridgehead atoms. The first-order valence-corrected chi connectivity index (χ1v) is 11.0. The summed E-state index contributed by atoms with van der Waals surface area (Å²) in [6.45, 7) is 2.33. The van der Waals surface area contributed by atoms with E-state index in [9.17, 15) is 14.4 Å². The largest absolute Gasteiger partial charge is 0.497 e. The number of amides is 4. The lowest BCUT2D eigenvalue weighted by molar-refractivity contribution is -0.123. The van der Waals surface area contributed by atoms with Crippen molar-refractivity contribution in [3.8, 4) is 16.9 Å². The maximum absolute atomic E-state index is 12.0. The van der Waals surface area contributed by atoms with Gasteiger partial charge in [0.25, 0.3) is 11.8 Å². The minimum Gasteiger partial charge on any atom is -0.497 e. The predicted molar refractivity (Wildman–Crippen MR) is 133 cm³/mol. The first-order valence-electron chi connectivity index (χ1n) is 11.0. The number of imide groups is 1. The number of hydrogen-bond acceptors (Lipinski definition) is 6. The van der Waals surface area contributed by atoms with Gasteiger partial charge in [0.15, 0.2) is 0 Å². The zero-order valence-electron chi connectivity index (χ0n) is 19.7. The third-order valence-electron chi connectivity index (χ3n) is 6.12. The highest BCUT2D eigenvalue weighted by atomic mass is 16.5. The Hall–Kier alpha value is -4.37. The van der Waals surface area contributed by atoms with Crippen molar-refractivity contribution in [1.29, 1.82) is 0 Å². The number of methoxy groups -OCH3 is 1. The van der Waals surface area contributed by atoms with Crippen LogP contribution in [0.25, 0.3) is 11.1 Å². The second-order valence-electron chi connectivity index (χ2n) is 8.47. The number of ether oxygens (including phenoxy) is 1. The molecule has 2 aliphatic heterocycles. The molecule has 5 N–H and O–H groups in total. The SMILES string of the molecule is CN(N)c1ccc(-c2ccc([C@]3(C)NC(=O)NC3=O)cc2)cc1.COc1ccc2c(c1)C(=O)NC2. The molecule has 1 atom stereocenters. The number of urea groups is 1. The van der Waals surface area contributed by atoms with E-state index in [4.69, 9.17) is 10.6 Å². The molecule has 0 aliphatic carbocycles. The molecule has 5 rings (SSSR count). The lowest BCUT2D eigenvalue weighted by Gasteiger charge is -2.21. The van der Waals surface area contributed by atoms with Gasteiger partial charge in [-0.3, -0.25) is 14.9 Å². The van der Waals surface area contributed by atoms with Crippen molar-refractivity contribution in [3.63, 3.8) is 0 Å². The summed E-state index contributed by atoms with van der Waals surface area (Å²) in [7, 11) is 3.38. The Balaban J connectivity index is 0.000000201. The monoisotopic (exact) mass is 473 g/mol. The molecule has 1 fully saturated rings. The van der Waals surface area contributed by atoms with Crippen LogP contribution in [0.2, 0.25) is 0 Å². The lowest BCUT2D eigenvalue weighted by Crippen LogP contribution is -2.40. The summed E-state index contributed by atoms with van der Waals surface area (Å²) >= 11 is 0. The first kappa shape index (κ1) is 23.8. The van der Waals surface area contributed by atoms with E-state index >= 15 is 0 Å². The Morgan fingerprint density at radius 2 is 1.57 bits per heavy atom. The molecule has 9 nitrogen and oxygen atoms in total. The zero-order valence-corrected chi connectivity index (χ0v) is 19.7. The maximum atomic E-state index is 12.0. The second-order valence-corrected chi connectivity index (χ2v) is 8.47. The molecule has 35 heavy (non-hydrogen) atoms. The summed E-state index contributed by atoms with van der Waals surface area (Å²) < 4.78 is 5.01. The topological polar surface area (TPSA) is 126 Å². The number of carbonyl (C=O) groups is 3. The van der Waals surface area contributed by atoms with Gasteiger partial charge in [0.05, 0.1) is 12.8 Å². The summed E-state index contributed by atoms with van der Waals surface area (Å²) in [5.41, 5.74) is 4.48. The Labute approximate surface area is 203 Å². The van der Waals surface area contributed by atoms with Crippen LogP contribution in [0.4, 0.5) is 10.5 Å². The summed E-state index contributed by atoms with van der Waals surface area (Å²) in [6.07, 6.45) is 0. The van der Waals surface area contributed by atoms with Gasteiger partial charge in [0.1, 0.15) is 11.3 Å². The molecular weight excluding hydrogens is 446 g/mol. The molecule has 0 saturated carbocycles. The highest BCUT2D eigenvalue weighted by Crippen LogP contribution is 2.28. The molecule has 3 aromatic rings. The van der Waals surface area contributed by atoms with Gasteiger partial charge in [-0.2, -0.15) is 0 Å². The third kappa shape index (κ3) is 4.80. The fraction of sp³-hybridized carbons (Fsp3) is 0.192. The van der Waals surface area contributed by atoms with Crippen LogP contribution in [0.3, 0.4) is 0 Å². The van der Waals surface area contributed by atoms with Gasteiger partial charge in [-0.05, 0) is 53.4 Å². The van der Waals surface area contributed by atoms with Crippen LogP contribution in [-0.4, -0.2) is 32.0 Å². The number of carbonyl (C=O) groups excluding carboxylic acids is 3. The smallest absolute Gasteiger partial charge is 0.322 e. The van der Waals surface area contributed by atoms with Crippen molar-refractivity contribution in [2.45, 2.75) is 19.0 Å². The van der Waals surface area contributed by atoms with Crippen molar-refractivity contribution in [2.75, 3.05) is 19.2 Å². The number of nitrogens with one attached hydrogen (secondary N) is 3. The van der Waals surface area contributed by atoms with E-state index in [1.807, 2.05) is 60.7 Å². The van der Waals surface area contributed by atoms with Crippen LogP contribution < -0.4 is 31.5 Å². The summed E-state index contributed by atoms with van der Waals surface area (Å²) in [4.78, 5) is 34.5. The van der Waals surface area contributed by atoms with E-state index in [2.05, 4.69) is 16.0 Å². The van der Waals surface area contributed by atoms with Gasteiger partial charge in [-0.15, -0.1) is 0 Å². The minimum absolute atomic E-state index is 0.0103. The predicted octanol–water partition coefficient (Wildman–Crippen LogP) is 2.66. The Morgan fingerprint density at radius 3 is 2.11 bits per heavy atom. The van der Waals surface area contributed by atoms with Crippen LogP contribution in [0.15, 0.2) is 66.7 Å². The molecule has 2 heterocycles. The third-order valence-corrected chi connectivity index (χ3v) is 6.12. The van der Waals surface area contributed by atoms with E-state index in [-0.39, 0.29) is 11.8 Å². The lowest BCUT2D eigenvalue weighted by atomic mass is 9.91. The summed E-state index contributed by atoms with van der Waals surface area (Å²) in [6, 6.07) is 20.5. The number of hydrazine groups is 1. The van der Waals surface area contributed by atoms with Crippen molar-refractivity contribution in [3.05, 3.63) is 83.4 Å². The van der Waals surface area contributed by atoms with Gasteiger partial charge in [-0.1, -0.05) is 42.5 Å². The first-order chi connectivity index (χ1) is 16.7. The Kier molecular flexibility index (Phi) is 6.44. The second kappa shape index (κ2) is 9.47. The van der Waals surface area contributed by atoms with Crippen LogP contribution >= 0.6 is 0 Å². The summed E-state index contributed by atoms with van der Waals surface area (Å²) in [5.74, 6) is 6.07. The van der Waals surface area contributed by atoms with Gasteiger partial charge >= 0.3 is 6.03 Å². The van der Waals surface area contributed by atoms with Crippen molar-refractivity contribution < 1.29 is 19.1 Å². The average Bonchev–Trinajstić information content (AvgIpc) is 3.37. The van der Waals surface area contributed by atoms with Crippen molar-refractivity contribution in [1.82, 2.24) is 16.0 Å². The van der Waals surface area contributed by atoms with Crippen LogP contribution in [0.5, 0.6) is 5.75 Å². The standard InChI is InChI=1S/C17H18N4O2.C9H9NO2/c1-17(15(22)19-16(23)20-17)13-7-3-11(4-8-13)12-5-9-14(10-6-12)21(2)18;1-12-7-3-2-6-5-10-9(11)8(6)4-7/h3-10H,18H2,1-2H3,(H2,19,20,22,23);2-4H,5H2,1H3,(H,10,11)/t17-;/m0./s1. The van der Waals surface area contributed by atoms with Gasteiger partial charge in [0, 0.05) is 19.2 Å². The van der Waals surface area contributed by atoms with Gasteiger partial charge < -0.3 is 20.4 Å². The molecule has 180 valence electrons. The number of fused-ring (bicyclic) bond motifs is 1. The highest BCUT2D eigenvalue weighted by molar-refractivity contribution is 6.07. The van der Waals surface area contributed by atoms with E-state index < -0.39 is 11.6 Å². The van der Waals surface area contributed by atoms with E-state index in [1.165, 1.54) is 0 Å². The number of nitrogens with zero attached hydrogens (tertiary/aromatic N) is 1. The van der Waals surface area contributed by atoms with Crippen LogP contribution in [-0.2, 0) is 16.9 Å². The molecule has 3 aromatic carbocycles. The molecule has 0 unspecified atom stereocenters. The number of rotatable bonds is 4. The molecule has 0 spiro atoms. The number of nitrogens with two attached hydrogens (primary N) is 1. The summed E-state index contributed by atoms with van der Waals surface area (Å²) in [5, 5.41) is 9.21. The van der Waals surface area contributed by atoms with E-state index in [0.29, 0.717) is 6.54 Å². The fourth-order valence-electron chi connectivity index (χ4n) is 3.95. The van der Waals surface area contributed by atoms with Crippen molar-refractivity contribution >= 4 is 23.5 Å². The number of benzene rings is 3. The number of anilines is 1. The Bertz CT molecular complexity index is 1270. The van der Waals surface area contributed by atoms with E-state index in [0.717, 1.165) is 39.3 Å². The minimum atomic E-state index is -1.03. The normalized spacial score (nSPS) is 18.0. The van der Waals surface area contributed by atoms with Crippen LogP contribution in [0.1, 0.15) is 28.4 Å². The van der Waals surface area contributed by atoms with Gasteiger partial charge in [0.2, 0.25) is 0 Å².